The molecule has 5 nitrogen and oxygen atoms in total. The molecule has 0 unspecified atom stereocenters. The minimum atomic E-state index is -0.538. The van der Waals surface area contributed by atoms with Crippen LogP contribution >= 0.6 is 23.4 Å². The van der Waals surface area contributed by atoms with Gasteiger partial charge in [-0.25, -0.2) is 0 Å². The van der Waals surface area contributed by atoms with Crippen LogP contribution in [0.1, 0.15) is 16.1 Å². The van der Waals surface area contributed by atoms with Crippen LogP contribution in [0.2, 0.25) is 5.02 Å². The van der Waals surface area contributed by atoms with Crippen LogP contribution in [0.5, 0.6) is 0 Å². The molecule has 0 atom stereocenters. The van der Waals surface area contributed by atoms with Crippen LogP contribution in [0.25, 0.3) is 0 Å². The molecule has 2 aromatic rings. The zero-order chi connectivity index (χ0) is 14.5. The molecule has 0 saturated heterocycles. The van der Waals surface area contributed by atoms with Crippen molar-refractivity contribution in [2.24, 2.45) is 0 Å². The van der Waals surface area contributed by atoms with Crippen molar-refractivity contribution in [3.8, 4) is 0 Å². The Morgan fingerprint density at radius 3 is 2.80 bits per heavy atom. The van der Waals surface area contributed by atoms with Gasteiger partial charge in [0.25, 0.3) is 5.69 Å². The number of ketones is 1. The van der Waals surface area contributed by atoms with Gasteiger partial charge in [0.15, 0.2) is 5.78 Å². The quantitative estimate of drug-likeness (QED) is 0.501. The summed E-state index contributed by atoms with van der Waals surface area (Å²) >= 11 is 7.43. The predicted octanol–water partition coefficient (Wildman–Crippen LogP) is 3.69. The standard InChI is InChI=1S/C13H11ClN2O3S/c14-11-4-2-1-3-9(11)7-20-8-13(17)12-5-10(6-15-12)16(18)19/h1-6,15H,7-8H2. The van der Waals surface area contributed by atoms with E-state index in [1.165, 1.54) is 24.0 Å². The summed E-state index contributed by atoms with van der Waals surface area (Å²) in [6.45, 7) is 0. The van der Waals surface area contributed by atoms with Gasteiger partial charge in [0, 0.05) is 16.8 Å². The van der Waals surface area contributed by atoms with Crippen molar-refractivity contribution >= 4 is 34.8 Å². The van der Waals surface area contributed by atoms with Gasteiger partial charge in [-0.05, 0) is 11.6 Å². The van der Waals surface area contributed by atoms with E-state index in [2.05, 4.69) is 4.98 Å². The van der Waals surface area contributed by atoms with Gasteiger partial charge in [-0.15, -0.1) is 11.8 Å². The van der Waals surface area contributed by atoms with E-state index >= 15 is 0 Å². The Bertz CT molecular complexity index is 642. The summed E-state index contributed by atoms with van der Waals surface area (Å²) in [7, 11) is 0. The molecule has 1 N–H and O–H groups in total. The molecular formula is C13H11ClN2O3S. The van der Waals surface area contributed by atoms with Crippen molar-refractivity contribution in [2.75, 3.05) is 5.75 Å². The molecule has 0 aliphatic carbocycles. The molecule has 0 spiro atoms. The Hall–Kier alpha value is -1.79. The van der Waals surface area contributed by atoms with Crippen molar-refractivity contribution in [1.29, 1.82) is 0 Å². The Labute approximate surface area is 124 Å². The zero-order valence-electron chi connectivity index (χ0n) is 10.3. The molecule has 0 aliphatic rings. The summed E-state index contributed by atoms with van der Waals surface area (Å²) in [6.07, 6.45) is 1.21. The van der Waals surface area contributed by atoms with Crippen LogP contribution in [0.15, 0.2) is 36.5 Å². The Morgan fingerprint density at radius 1 is 1.40 bits per heavy atom. The molecule has 0 fully saturated rings. The predicted molar refractivity (Wildman–Crippen MR) is 79.4 cm³/mol. The Balaban J connectivity index is 1.89. The van der Waals surface area contributed by atoms with Crippen LogP contribution < -0.4 is 0 Å². The first-order chi connectivity index (χ1) is 9.58. The number of hydrogen-bond acceptors (Lipinski definition) is 4. The second-order valence-electron chi connectivity index (χ2n) is 4.04. The number of nitrogens with one attached hydrogen (secondary N) is 1. The van der Waals surface area contributed by atoms with Crippen molar-refractivity contribution in [3.63, 3.8) is 0 Å². The second kappa shape index (κ2) is 6.58. The van der Waals surface area contributed by atoms with Gasteiger partial charge >= 0.3 is 0 Å². The number of carbonyl (C=O) groups excluding carboxylic acids is 1. The van der Waals surface area contributed by atoms with E-state index in [4.69, 9.17) is 11.6 Å². The van der Waals surface area contributed by atoms with Gasteiger partial charge in [0.05, 0.1) is 22.6 Å². The number of benzene rings is 1. The van der Waals surface area contributed by atoms with E-state index in [1.54, 1.807) is 6.07 Å². The minimum Gasteiger partial charge on any atom is -0.353 e. The first kappa shape index (κ1) is 14.6. The van der Waals surface area contributed by atoms with Crippen LogP contribution in [-0.4, -0.2) is 21.4 Å². The smallest absolute Gasteiger partial charge is 0.287 e. The number of carbonyl (C=O) groups is 1. The number of aromatic amines is 1. The lowest BCUT2D eigenvalue weighted by Gasteiger charge is -2.02. The van der Waals surface area contributed by atoms with Gasteiger partial charge in [-0.3, -0.25) is 14.9 Å². The first-order valence-electron chi connectivity index (χ1n) is 5.75. The summed E-state index contributed by atoms with van der Waals surface area (Å²) in [5, 5.41) is 11.2. The number of nitro groups is 1. The number of rotatable bonds is 6. The van der Waals surface area contributed by atoms with Crippen molar-refractivity contribution < 1.29 is 9.72 Å². The average molecular weight is 311 g/mol. The summed E-state index contributed by atoms with van der Waals surface area (Å²) in [4.78, 5) is 24.5. The van der Waals surface area contributed by atoms with Gasteiger partial charge in [-0.1, -0.05) is 29.8 Å². The molecule has 0 amide bonds. The fourth-order valence-electron chi connectivity index (χ4n) is 1.60. The fourth-order valence-corrected chi connectivity index (χ4v) is 2.79. The van der Waals surface area contributed by atoms with Crippen molar-refractivity contribution in [1.82, 2.24) is 4.98 Å². The molecule has 7 heteroatoms. The summed E-state index contributed by atoms with van der Waals surface area (Å²) in [5.74, 6) is 0.687. The van der Waals surface area contributed by atoms with Gasteiger partial charge in [-0.2, -0.15) is 0 Å². The fraction of sp³-hybridized carbons (Fsp3) is 0.154. The topological polar surface area (TPSA) is 76.0 Å². The molecule has 0 aliphatic heterocycles. The molecule has 0 radical (unpaired) electrons. The summed E-state index contributed by atoms with van der Waals surface area (Å²) in [5.41, 5.74) is 1.11. The van der Waals surface area contributed by atoms with E-state index < -0.39 is 4.92 Å². The Morgan fingerprint density at radius 2 is 2.15 bits per heavy atom. The van der Waals surface area contributed by atoms with E-state index in [-0.39, 0.29) is 22.9 Å². The minimum absolute atomic E-state index is 0.107. The summed E-state index contributed by atoms with van der Waals surface area (Å²) in [6, 6.07) is 8.68. The van der Waals surface area contributed by atoms with Gasteiger partial charge < -0.3 is 4.98 Å². The van der Waals surface area contributed by atoms with Crippen LogP contribution in [0, 0.1) is 10.1 Å². The maximum absolute atomic E-state index is 11.8. The molecule has 104 valence electrons. The highest BCUT2D eigenvalue weighted by Crippen LogP contribution is 2.21. The van der Waals surface area contributed by atoms with Crippen LogP contribution in [-0.2, 0) is 5.75 Å². The maximum atomic E-state index is 11.8. The second-order valence-corrected chi connectivity index (χ2v) is 5.43. The number of Topliss-reactive ketones (excluding diaryl/α,β-unsaturated/α-hetero) is 1. The normalized spacial score (nSPS) is 10.4. The SMILES string of the molecule is O=C(CSCc1ccccc1Cl)c1cc([N+](=O)[O-])c[nH]1. The Kier molecular flexibility index (Phi) is 4.81. The molecule has 0 bridgehead atoms. The molecular weight excluding hydrogens is 300 g/mol. The molecule has 1 aromatic heterocycles. The average Bonchev–Trinajstić information content (AvgIpc) is 2.91. The highest BCUT2D eigenvalue weighted by Gasteiger charge is 2.14. The zero-order valence-corrected chi connectivity index (χ0v) is 11.9. The number of thioether (sulfide) groups is 1. The third-order valence-corrected chi connectivity index (χ3v) is 3.98. The molecule has 0 saturated carbocycles. The lowest BCUT2D eigenvalue weighted by atomic mass is 10.2. The highest BCUT2D eigenvalue weighted by molar-refractivity contribution is 7.99. The van der Waals surface area contributed by atoms with E-state index in [0.717, 1.165) is 5.56 Å². The molecule has 1 heterocycles. The highest BCUT2D eigenvalue weighted by atomic mass is 35.5. The third-order valence-electron chi connectivity index (χ3n) is 2.63. The van der Waals surface area contributed by atoms with Crippen LogP contribution in [0.4, 0.5) is 5.69 Å². The van der Waals surface area contributed by atoms with Crippen LogP contribution in [0.3, 0.4) is 0 Å². The molecule has 2 rings (SSSR count). The van der Waals surface area contributed by atoms with Crippen molar-refractivity contribution in [3.05, 3.63) is 62.9 Å². The summed E-state index contributed by atoms with van der Waals surface area (Å²) < 4.78 is 0. The van der Waals surface area contributed by atoms with Gasteiger partial charge in [0.1, 0.15) is 0 Å². The lowest BCUT2D eigenvalue weighted by Crippen LogP contribution is -2.03. The monoisotopic (exact) mass is 310 g/mol. The molecule has 20 heavy (non-hydrogen) atoms. The molecule has 1 aromatic carbocycles. The largest absolute Gasteiger partial charge is 0.353 e. The van der Waals surface area contributed by atoms with E-state index in [1.807, 2.05) is 18.2 Å². The van der Waals surface area contributed by atoms with E-state index in [9.17, 15) is 14.9 Å². The number of nitrogens with zero attached hydrogens (tertiary/aromatic N) is 1. The number of aromatic nitrogens is 1. The number of H-pyrrole nitrogens is 1. The lowest BCUT2D eigenvalue weighted by molar-refractivity contribution is -0.384. The third kappa shape index (κ3) is 3.61. The van der Waals surface area contributed by atoms with E-state index in [0.29, 0.717) is 10.8 Å². The van der Waals surface area contributed by atoms with Gasteiger partial charge in [0.2, 0.25) is 0 Å². The first-order valence-corrected chi connectivity index (χ1v) is 7.28. The van der Waals surface area contributed by atoms with Crippen molar-refractivity contribution in [2.45, 2.75) is 5.75 Å². The number of hydrogen-bond donors (Lipinski definition) is 1. The number of halogens is 1. The maximum Gasteiger partial charge on any atom is 0.287 e.